The lowest BCUT2D eigenvalue weighted by molar-refractivity contribution is -0.147. The highest BCUT2D eigenvalue weighted by Gasteiger charge is 2.46. The van der Waals surface area contributed by atoms with Crippen molar-refractivity contribution in [2.45, 2.75) is 51.7 Å². The summed E-state index contributed by atoms with van der Waals surface area (Å²) in [6, 6.07) is 7.68. The van der Waals surface area contributed by atoms with E-state index in [0.717, 1.165) is 37.1 Å². The molecular formula is C20H27N3O2. The predicted octanol–water partition coefficient (Wildman–Crippen LogP) is 2.69. The third-order valence-electron chi connectivity index (χ3n) is 5.35. The van der Waals surface area contributed by atoms with Gasteiger partial charge in [-0.25, -0.2) is 4.98 Å². The molecule has 1 fully saturated rings. The number of rotatable bonds is 6. The van der Waals surface area contributed by atoms with Crippen molar-refractivity contribution in [2.75, 3.05) is 6.54 Å². The molecule has 1 heterocycles. The van der Waals surface area contributed by atoms with Crippen LogP contribution in [0.2, 0.25) is 0 Å². The summed E-state index contributed by atoms with van der Waals surface area (Å²) in [5.74, 6) is 0.602. The lowest BCUT2D eigenvalue weighted by Gasteiger charge is -2.33. The Morgan fingerprint density at radius 1 is 1.28 bits per heavy atom. The lowest BCUT2D eigenvalue weighted by atomic mass is 9.79. The largest absolute Gasteiger partial charge is 0.375 e. The van der Waals surface area contributed by atoms with Crippen LogP contribution in [0.5, 0.6) is 0 Å². The fourth-order valence-corrected chi connectivity index (χ4v) is 3.77. The van der Waals surface area contributed by atoms with Gasteiger partial charge < -0.3 is 15.0 Å². The Labute approximate surface area is 149 Å². The van der Waals surface area contributed by atoms with Gasteiger partial charge in [-0.2, -0.15) is 0 Å². The van der Waals surface area contributed by atoms with Crippen LogP contribution in [0.1, 0.15) is 42.6 Å². The Kier molecular flexibility index (Phi) is 5.23. The fourth-order valence-electron chi connectivity index (χ4n) is 3.77. The van der Waals surface area contributed by atoms with E-state index < -0.39 is 5.60 Å². The molecule has 0 aliphatic heterocycles. The minimum absolute atomic E-state index is 0.0230. The van der Waals surface area contributed by atoms with Crippen molar-refractivity contribution in [3.8, 4) is 0 Å². The van der Waals surface area contributed by atoms with Crippen molar-refractivity contribution in [1.29, 1.82) is 0 Å². The standard InChI is InChI=1S/C20H27N3O2/c1-15-7-9-18(10-8-15)20(25,17-5-3-4-6-17)19(24)22-12-14-23-13-11-21-16(23)2/h7-11,13,17,25H,3-6,12,14H2,1-2H3,(H,22,24). The topological polar surface area (TPSA) is 67.2 Å². The van der Waals surface area contributed by atoms with Crippen LogP contribution < -0.4 is 5.32 Å². The first kappa shape index (κ1) is 17.7. The van der Waals surface area contributed by atoms with Gasteiger partial charge in [-0.1, -0.05) is 42.7 Å². The fraction of sp³-hybridized carbons (Fsp3) is 0.500. The van der Waals surface area contributed by atoms with Crippen molar-refractivity contribution in [2.24, 2.45) is 5.92 Å². The number of imidazole rings is 1. The van der Waals surface area contributed by atoms with Crippen molar-refractivity contribution in [3.05, 3.63) is 53.6 Å². The van der Waals surface area contributed by atoms with Gasteiger partial charge in [0.25, 0.3) is 5.91 Å². The normalized spacial score (nSPS) is 17.4. The number of carbonyl (C=O) groups is 1. The highest BCUT2D eigenvalue weighted by Crippen LogP contribution is 2.40. The average molecular weight is 341 g/mol. The van der Waals surface area contributed by atoms with Gasteiger partial charge in [-0.05, 0) is 32.3 Å². The molecule has 1 aromatic heterocycles. The van der Waals surface area contributed by atoms with Crippen LogP contribution in [0.25, 0.3) is 0 Å². The summed E-state index contributed by atoms with van der Waals surface area (Å²) in [5, 5.41) is 14.4. The summed E-state index contributed by atoms with van der Waals surface area (Å²) < 4.78 is 1.99. The number of aliphatic hydroxyl groups is 1. The Bertz CT molecular complexity index is 717. The van der Waals surface area contributed by atoms with E-state index in [1.165, 1.54) is 0 Å². The number of benzene rings is 1. The zero-order chi connectivity index (χ0) is 17.9. The molecule has 1 saturated carbocycles. The first-order valence-corrected chi connectivity index (χ1v) is 9.07. The molecule has 3 rings (SSSR count). The summed E-state index contributed by atoms with van der Waals surface area (Å²) in [4.78, 5) is 17.1. The zero-order valence-electron chi connectivity index (χ0n) is 15.0. The lowest BCUT2D eigenvalue weighted by Crippen LogP contribution is -2.49. The highest BCUT2D eigenvalue weighted by atomic mass is 16.3. The summed E-state index contributed by atoms with van der Waals surface area (Å²) in [6.07, 6.45) is 7.56. The maximum atomic E-state index is 13.0. The van der Waals surface area contributed by atoms with Crippen molar-refractivity contribution in [3.63, 3.8) is 0 Å². The molecule has 134 valence electrons. The van der Waals surface area contributed by atoms with Crippen LogP contribution in [-0.4, -0.2) is 27.1 Å². The molecule has 1 atom stereocenters. The predicted molar refractivity (Wildman–Crippen MR) is 97.0 cm³/mol. The van der Waals surface area contributed by atoms with Gasteiger partial charge in [0.15, 0.2) is 5.60 Å². The Morgan fingerprint density at radius 2 is 1.96 bits per heavy atom. The van der Waals surface area contributed by atoms with Crippen LogP contribution in [0.15, 0.2) is 36.7 Å². The van der Waals surface area contributed by atoms with Gasteiger partial charge >= 0.3 is 0 Å². The Hall–Kier alpha value is -2.14. The SMILES string of the molecule is Cc1ccc(C(O)(C(=O)NCCn2ccnc2C)C2CCCC2)cc1. The average Bonchev–Trinajstić information content (AvgIpc) is 3.27. The maximum Gasteiger partial charge on any atom is 0.256 e. The van der Waals surface area contributed by atoms with E-state index in [9.17, 15) is 9.90 Å². The number of aryl methyl sites for hydroxylation is 2. The quantitative estimate of drug-likeness (QED) is 0.849. The number of aromatic nitrogens is 2. The number of carbonyl (C=O) groups excluding carboxylic acids is 1. The molecule has 1 amide bonds. The van der Waals surface area contributed by atoms with Crippen LogP contribution in [0.4, 0.5) is 0 Å². The second-order valence-electron chi connectivity index (χ2n) is 7.04. The molecular weight excluding hydrogens is 314 g/mol. The van der Waals surface area contributed by atoms with E-state index in [1.54, 1.807) is 6.20 Å². The molecule has 5 heteroatoms. The van der Waals surface area contributed by atoms with Crippen molar-refractivity contribution in [1.82, 2.24) is 14.9 Å². The Balaban J connectivity index is 1.75. The van der Waals surface area contributed by atoms with Crippen LogP contribution >= 0.6 is 0 Å². The minimum Gasteiger partial charge on any atom is -0.375 e. The first-order valence-electron chi connectivity index (χ1n) is 9.07. The third-order valence-corrected chi connectivity index (χ3v) is 5.35. The van der Waals surface area contributed by atoms with Gasteiger partial charge in [-0.3, -0.25) is 4.79 Å². The molecule has 0 spiro atoms. The summed E-state index contributed by atoms with van der Waals surface area (Å²) >= 11 is 0. The van der Waals surface area contributed by atoms with Gasteiger partial charge in [0.1, 0.15) is 5.82 Å². The van der Waals surface area contributed by atoms with E-state index in [-0.39, 0.29) is 11.8 Å². The van der Waals surface area contributed by atoms with Crippen LogP contribution in [0, 0.1) is 19.8 Å². The highest BCUT2D eigenvalue weighted by molar-refractivity contribution is 5.86. The van der Waals surface area contributed by atoms with E-state index in [2.05, 4.69) is 10.3 Å². The molecule has 0 saturated heterocycles. The number of hydrogen-bond acceptors (Lipinski definition) is 3. The van der Waals surface area contributed by atoms with E-state index >= 15 is 0 Å². The summed E-state index contributed by atoms with van der Waals surface area (Å²) in [7, 11) is 0. The summed E-state index contributed by atoms with van der Waals surface area (Å²) in [6.45, 7) is 5.05. The smallest absolute Gasteiger partial charge is 0.256 e. The second-order valence-corrected chi connectivity index (χ2v) is 7.04. The maximum absolute atomic E-state index is 13.0. The molecule has 0 bridgehead atoms. The van der Waals surface area contributed by atoms with E-state index in [4.69, 9.17) is 0 Å². The summed E-state index contributed by atoms with van der Waals surface area (Å²) in [5.41, 5.74) is 0.364. The minimum atomic E-state index is -1.45. The number of amides is 1. The number of nitrogens with one attached hydrogen (secondary N) is 1. The number of nitrogens with zero attached hydrogens (tertiary/aromatic N) is 2. The number of hydrogen-bond donors (Lipinski definition) is 2. The Morgan fingerprint density at radius 3 is 2.56 bits per heavy atom. The monoisotopic (exact) mass is 341 g/mol. The van der Waals surface area contributed by atoms with Gasteiger partial charge in [0.05, 0.1) is 0 Å². The van der Waals surface area contributed by atoms with Gasteiger partial charge in [-0.15, -0.1) is 0 Å². The molecule has 5 nitrogen and oxygen atoms in total. The molecule has 1 aliphatic carbocycles. The van der Waals surface area contributed by atoms with Crippen LogP contribution in [0.3, 0.4) is 0 Å². The van der Waals surface area contributed by atoms with Crippen molar-refractivity contribution >= 4 is 5.91 Å². The van der Waals surface area contributed by atoms with Gasteiger partial charge in [0.2, 0.25) is 0 Å². The molecule has 1 aliphatic rings. The molecule has 2 N–H and O–H groups in total. The molecule has 1 unspecified atom stereocenters. The third kappa shape index (κ3) is 3.61. The molecule has 25 heavy (non-hydrogen) atoms. The second kappa shape index (κ2) is 7.40. The van der Waals surface area contributed by atoms with Crippen LogP contribution in [-0.2, 0) is 16.9 Å². The zero-order valence-corrected chi connectivity index (χ0v) is 15.0. The van der Waals surface area contributed by atoms with Crippen molar-refractivity contribution < 1.29 is 9.90 Å². The van der Waals surface area contributed by atoms with E-state index in [1.807, 2.05) is 48.9 Å². The molecule has 1 aromatic carbocycles. The first-order chi connectivity index (χ1) is 12.0. The molecule has 0 radical (unpaired) electrons. The van der Waals surface area contributed by atoms with E-state index in [0.29, 0.717) is 18.7 Å². The molecule has 2 aromatic rings. The van der Waals surface area contributed by atoms with Gasteiger partial charge in [0, 0.05) is 31.4 Å².